The molecule has 1 fully saturated rings. The maximum atomic E-state index is 11.9. The van der Waals surface area contributed by atoms with Gasteiger partial charge in [-0.25, -0.2) is 14.8 Å². The van der Waals surface area contributed by atoms with Crippen molar-refractivity contribution in [2.24, 2.45) is 0 Å². The molecule has 1 aliphatic rings. The molecule has 32 heavy (non-hydrogen) atoms. The lowest BCUT2D eigenvalue weighted by atomic mass is 10.1. The minimum atomic E-state index is -0.195. The molecule has 0 atom stereocenters. The van der Waals surface area contributed by atoms with Gasteiger partial charge in [-0.2, -0.15) is 0 Å². The first-order valence-electron chi connectivity index (χ1n) is 11.3. The Hall–Kier alpha value is -2.32. The first-order valence-corrected chi connectivity index (χ1v) is 12.2. The van der Waals surface area contributed by atoms with Crippen molar-refractivity contribution in [3.63, 3.8) is 0 Å². The van der Waals surface area contributed by atoms with Gasteiger partial charge in [0.1, 0.15) is 5.82 Å². The van der Waals surface area contributed by atoms with Crippen LogP contribution in [0.25, 0.3) is 11.4 Å². The fourth-order valence-electron chi connectivity index (χ4n) is 3.59. The second-order valence-electron chi connectivity index (χ2n) is 8.67. The number of hydrogen-bond donors (Lipinski definition) is 2. The number of ether oxygens (including phenoxy) is 1. The zero-order valence-corrected chi connectivity index (χ0v) is 20.6. The summed E-state index contributed by atoms with van der Waals surface area (Å²) < 4.78 is 5.38. The number of aromatic nitrogens is 2. The second-order valence-corrected chi connectivity index (χ2v) is 10.9. The molecule has 0 aliphatic carbocycles. The number of anilines is 2. The molecule has 2 amide bonds. The van der Waals surface area contributed by atoms with Crippen molar-refractivity contribution in [3.8, 4) is 11.4 Å². The molecule has 7 nitrogen and oxygen atoms in total. The third kappa shape index (κ3) is 6.59. The lowest BCUT2D eigenvalue weighted by Gasteiger charge is -2.31. The fourth-order valence-corrected chi connectivity index (χ4v) is 5.00. The molecule has 0 radical (unpaired) electrons. The molecular formula is C24H35N5O2S. The summed E-state index contributed by atoms with van der Waals surface area (Å²) in [4.78, 5) is 24.1. The maximum Gasteiger partial charge on any atom is 0.319 e. The highest BCUT2D eigenvalue weighted by molar-refractivity contribution is 8.00. The molecule has 1 aliphatic heterocycles. The zero-order chi connectivity index (χ0) is 23.1. The van der Waals surface area contributed by atoms with Crippen LogP contribution >= 0.6 is 11.8 Å². The van der Waals surface area contributed by atoms with Crippen molar-refractivity contribution in [2.45, 2.75) is 51.0 Å². The minimum absolute atomic E-state index is 0.147. The number of benzene rings is 1. The van der Waals surface area contributed by atoms with Crippen LogP contribution < -0.4 is 15.5 Å². The number of rotatable bonds is 8. The van der Waals surface area contributed by atoms with Gasteiger partial charge < -0.3 is 20.3 Å². The van der Waals surface area contributed by atoms with Crippen molar-refractivity contribution in [1.29, 1.82) is 0 Å². The van der Waals surface area contributed by atoms with Gasteiger partial charge in [0.15, 0.2) is 5.82 Å². The van der Waals surface area contributed by atoms with E-state index in [0.717, 1.165) is 42.3 Å². The van der Waals surface area contributed by atoms with Gasteiger partial charge in [0, 0.05) is 37.0 Å². The minimum Gasteiger partial charge on any atom is -0.378 e. The summed E-state index contributed by atoms with van der Waals surface area (Å²) in [5.74, 6) is 1.63. The van der Waals surface area contributed by atoms with E-state index in [2.05, 4.69) is 49.3 Å². The van der Waals surface area contributed by atoms with Crippen LogP contribution in [0, 0.1) is 0 Å². The van der Waals surface area contributed by atoms with Gasteiger partial charge in [-0.15, -0.1) is 11.8 Å². The van der Waals surface area contributed by atoms with E-state index in [1.807, 2.05) is 43.0 Å². The van der Waals surface area contributed by atoms with Gasteiger partial charge in [-0.3, -0.25) is 0 Å². The maximum absolute atomic E-state index is 11.9. The van der Waals surface area contributed by atoms with E-state index in [4.69, 9.17) is 14.7 Å². The van der Waals surface area contributed by atoms with Crippen molar-refractivity contribution in [2.75, 3.05) is 43.1 Å². The SMILES string of the molecule is CCCNC(=O)Nc1ccc(-c2nc(N3CCOCC3)cc(C(C)(C)SC(C)C)n2)cc1. The molecule has 0 spiro atoms. The summed E-state index contributed by atoms with van der Waals surface area (Å²) in [6, 6.07) is 9.62. The van der Waals surface area contributed by atoms with Gasteiger partial charge in [0.05, 0.1) is 23.7 Å². The average Bonchev–Trinajstić information content (AvgIpc) is 2.77. The first-order chi connectivity index (χ1) is 15.3. The van der Waals surface area contributed by atoms with Crippen LogP contribution in [-0.2, 0) is 9.48 Å². The Labute approximate surface area is 195 Å². The lowest BCUT2D eigenvalue weighted by Crippen LogP contribution is -2.37. The molecule has 174 valence electrons. The quantitative estimate of drug-likeness (QED) is 0.588. The number of carbonyl (C=O) groups is 1. The summed E-state index contributed by atoms with van der Waals surface area (Å²) in [5, 5.41) is 6.16. The highest BCUT2D eigenvalue weighted by Crippen LogP contribution is 2.39. The Morgan fingerprint density at radius 3 is 2.50 bits per heavy atom. The Morgan fingerprint density at radius 2 is 1.88 bits per heavy atom. The highest BCUT2D eigenvalue weighted by atomic mass is 32.2. The lowest BCUT2D eigenvalue weighted by molar-refractivity contribution is 0.122. The summed E-state index contributed by atoms with van der Waals surface area (Å²) >= 11 is 1.90. The topological polar surface area (TPSA) is 79.4 Å². The summed E-state index contributed by atoms with van der Waals surface area (Å²) in [6.07, 6.45) is 0.900. The first kappa shape index (κ1) is 24.3. The number of hydrogen-bond acceptors (Lipinski definition) is 6. The molecule has 1 aromatic carbocycles. The van der Waals surface area contributed by atoms with E-state index in [0.29, 0.717) is 30.8 Å². The van der Waals surface area contributed by atoms with E-state index in [1.54, 1.807) is 0 Å². The molecule has 2 N–H and O–H groups in total. The molecule has 8 heteroatoms. The molecular weight excluding hydrogens is 422 g/mol. The van der Waals surface area contributed by atoms with Crippen LogP contribution in [0.2, 0.25) is 0 Å². The van der Waals surface area contributed by atoms with E-state index in [1.165, 1.54) is 0 Å². The number of morpholine rings is 1. The Kier molecular flexibility index (Phi) is 8.37. The van der Waals surface area contributed by atoms with E-state index < -0.39 is 0 Å². The van der Waals surface area contributed by atoms with Crippen molar-refractivity contribution in [1.82, 2.24) is 15.3 Å². The number of thioether (sulfide) groups is 1. The molecule has 2 heterocycles. The van der Waals surface area contributed by atoms with Gasteiger partial charge in [-0.1, -0.05) is 20.8 Å². The van der Waals surface area contributed by atoms with Gasteiger partial charge in [-0.05, 0) is 49.8 Å². The van der Waals surface area contributed by atoms with E-state index >= 15 is 0 Å². The van der Waals surface area contributed by atoms with E-state index in [9.17, 15) is 4.79 Å². The largest absolute Gasteiger partial charge is 0.378 e. The van der Waals surface area contributed by atoms with Crippen LogP contribution in [0.15, 0.2) is 30.3 Å². The molecule has 1 saturated heterocycles. The highest BCUT2D eigenvalue weighted by Gasteiger charge is 2.27. The third-order valence-electron chi connectivity index (χ3n) is 5.13. The summed E-state index contributed by atoms with van der Waals surface area (Å²) in [7, 11) is 0. The average molecular weight is 458 g/mol. The smallest absolute Gasteiger partial charge is 0.319 e. The van der Waals surface area contributed by atoms with Crippen LogP contribution in [0.4, 0.5) is 16.3 Å². The molecule has 2 aromatic rings. The predicted molar refractivity (Wildman–Crippen MR) is 134 cm³/mol. The number of carbonyl (C=O) groups excluding carboxylic acids is 1. The van der Waals surface area contributed by atoms with Gasteiger partial charge in [0.25, 0.3) is 0 Å². The van der Waals surface area contributed by atoms with Crippen LogP contribution in [0.3, 0.4) is 0 Å². The summed E-state index contributed by atoms with van der Waals surface area (Å²) in [6.45, 7) is 14.6. The fraction of sp³-hybridized carbons (Fsp3) is 0.542. The number of amides is 2. The zero-order valence-electron chi connectivity index (χ0n) is 19.8. The predicted octanol–water partition coefficient (Wildman–Crippen LogP) is 4.89. The number of nitrogens with zero attached hydrogens (tertiary/aromatic N) is 3. The number of urea groups is 1. The standard InChI is InChI=1S/C24H35N5O2S/c1-6-11-25-23(30)26-19-9-7-18(8-10-19)22-27-20(24(4,5)32-17(2)3)16-21(28-22)29-12-14-31-15-13-29/h7-10,16-17H,6,11-15H2,1-5H3,(H2,25,26,30). The van der Waals surface area contributed by atoms with Crippen LogP contribution in [0.5, 0.6) is 0 Å². The molecule has 0 unspecified atom stereocenters. The molecule has 0 bridgehead atoms. The van der Waals surface area contributed by atoms with E-state index in [-0.39, 0.29) is 10.8 Å². The van der Waals surface area contributed by atoms with Gasteiger partial charge >= 0.3 is 6.03 Å². The normalized spacial score (nSPS) is 14.5. The van der Waals surface area contributed by atoms with Gasteiger partial charge in [0.2, 0.25) is 0 Å². The molecule has 3 rings (SSSR count). The Balaban J connectivity index is 1.90. The second kappa shape index (κ2) is 11.0. The summed E-state index contributed by atoms with van der Waals surface area (Å²) in [5.41, 5.74) is 2.68. The van der Waals surface area contributed by atoms with Crippen molar-refractivity contribution < 1.29 is 9.53 Å². The van der Waals surface area contributed by atoms with Crippen LogP contribution in [-0.4, -0.2) is 54.1 Å². The molecule has 1 aromatic heterocycles. The Morgan fingerprint density at radius 1 is 1.19 bits per heavy atom. The van der Waals surface area contributed by atoms with Crippen molar-refractivity contribution in [3.05, 3.63) is 36.0 Å². The third-order valence-corrected chi connectivity index (χ3v) is 6.40. The van der Waals surface area contributed by atoms with Crippen LogP contribution in [0.1, 0.15) is 46.7 Å². The monoisotopic (exact) mass is 457 g/mol. The number of nitrogens with one attached hydrogen (secondary N) is 2. The molecule has 0 saturated carbocycles. The van der Waals surface area contributed by atoms with Crippen molar-refractivity contribution >= 4 is 29.3 Å². The Bertz CT molecular complexity index is 896.